The quantitative estimate of drug-likeness (QED) is 0.164. The van der Waals surface area contributed by atoms with Gasteiger partial charge in [-0.3, -0.25) is 0 Å². The highest BCUT2D eigenvalue weighted by Crippen LogP contribution is 2.40. The first-order chi connectivity index (χ1) is 17.9. The Labute approximate surface area is 204 Å². The Bertz CT molecular complexity index is 2050. The van der Waals surface area contributed by atoms with Crippen LogP contribution in [0.1, 0.15) is 33.9 Å². The molecule has 0 spiro atoms. The Balaban J connectivity index is 2.12. The average molecular weight is 520 g/mol. The number of rotatable bonds is 0. The second-order valence-electron chi connectivity index (χ2n) is 7.49. The van der Waals surface area contributed by atoms with Gasteiger partial charge in [0.2, 0.25) is 0 Å². The summed E-state index contributed by atoms with van der Waals surface area (Å²) in [5, 5.41) is 37.5. The molecular formula is C22H2F6N10. The molecule has 0 N–H and O–H groups in total. The van der Waals surface area contributed by atoms with Gasteiger partial charge in [-0.2, -0.15) is 47.4 Å². The molecule has 0 bridgehead atoms. The van der Waals surface area contributed by atoms with Crippen LogP contribution in [0.3, 0.4) is 0 Å². The summed E-state index contributed by atoms with van der Waals surface area (Å²) >= 11 is 0. The highest BCUT2D eigenvalue weighted by atomic mass is 19.4. The van der Waals surface area contributed by atoms with Crippen molar-refractivity contribution in [3.63, 3.8) is 0 Å². The summed E-state index contributed by atoms with van der Waals surface area (Å²) in [6, 6.07) is 6.73. The van der Waals surface area contributed by atoms with Gasteiger partial charge in [-0.05, 0) is 12.1 Å². The number of nitrogens with zero attached hydrogens (tertiary/aromatic N) is 10. The maximum atomic E-state index is 13.8. The van der Waals surface area contributed by atoms with Crippen molar-refractivity contribution in [2.75, 3.05) is 0 Å². The third kappa shape index (κ3) is 3.48. The zero-order chi connectivity index (χ0) is 27.6. The Kier molecular flexibility index (Phi) is 4.97. The molecule has 5 rings (SSSR count). The van der Waals surface area contributed by atoms with Crippen LogP contribution in [0.2, 0.25) is 0 Å². The van der Waals surface area contributed by atoms with Gasteiger partial charge in [0, 0.05) is 0 Å². The lowest BCUT2D eigenvalue weighted by Crippen LogP contribution is -2.13. The standard InChI is InChI=1S/C22H2F6N10/c23-21(24,25)7-1-8(22(26,27)28)14-9(2-7)33-18-16-15(34-10(3-29)11(4-30)35-16)17-19(20(18)38-14)37-13(6-32)12(5-31)36-17/h1-2H. The van der Waals surface area contributed by atoms with Gasteiger partial charge in [0.1, 0.15) is 62.9 Å². The Morgan fingerprint density at radius 2 is 0.842 bits per heavy atom. The van der Waals surface area contributed by atoms with E-state index < -0.39 is 68.3 Å². The summed E-state index contributed by atoms with van der Waals surface area (Å²) in [5.74, 6) is 0. The van der Waals surface area contributed by atoms with Crippen molar-refractivity contribution in [1.82, 2.24) is 29.9 Å². The van der Waals surface area contributed by atoms with E-state index in [9.17, 15) is 47.4 Å². The van der Waals surface area contributed by atoms with Crippen molar-refractivity contribution in [2.45, 2.75) is 12.4 Å². The molecule has 10 nitrogen and oxygen atoms in total. The molecule has 182 valence electrons. The van der Waals surface area contributed by atoms with Crippen molar-refractivity contribution < 1.29 is 26.3 Å². The molecule has 3 aromatic heterocycles. The number of nitriles is 4. The number of aromatic nitrogens is 6. The minimum Gasteiger partial charge on any atom is -0.242 e. The van der Waals surface area contributed by atoms with E-state index in [4.69, 9.17) is 0 Å². The van der Waals surface area contributed by atoms with Crippen LogP contribution < -0.4 is 0 Å². The van der Waals surface area contributed by atoms with Crippen LogP contribution in [0.25, 0.3) is 44.1 Å². The molecule has 0 atom stereocenters. The van der Waals surface area contributed by atoms with Crippen LogP contribution in [0.15, 0.2) is 12.1 Å². The third-order valence-electron chi connectivity index (χ3n) is 5.29. The molecule has 2 aromatic carbocycles. The molecule has 0 unspecified atom stereocenters. The van der Waals surface area contributed by atoms with E-state index in [1.165, 1.54) is 0 Å². The number of hydrogen-bond donors (Lipinski definition) is 0. The molecule has 3 heterocycles. The van der Waals surface area contributed by atoms with Crippen LogP contribution in [0, 0.1) is 45.3 Å². The summed E-state index contributed by atoms with van der Waals surface area (Å²) in [7, 11) is 0. The number of hydrogen-bond acceptors (Lipinski definition) is 10. The van der Waals surface area contributed by atoms with Gasteiger partial charge in [0.05, 0.1) is 16.6 Å². The molecule has 0 aliphatic carbocycles. The van der Waals surface area contributed by atoms with Gasteiger partial charge in [-0.15, -0.1) is 0 Å². The SMILES string of the molecule is N#Cc1nc2c3nc(C#N)c(C#N)nc3c3nc4c(C(F)(F)F)cc(C(F)(F)F)cc4nc3c2nc1C#N. The maximum absolute atomic E-state index is 13.8. The van der Waals surface area contributed by atoms with E-state index >= 15 is 0 Å². The van der Waals surface area contributed by atoms with E-state index in [-0.39, 0.29) is 28.1 Å². The van der Waals surface area contributed by atoms with Crippen LogP contribution in [0.5, 0.6) is 0 Å². The van der Waals surface area contributed by atoms with Crippen LogP contribution >= 0.6 is 0 Å². The molecule has 16 heteroatoms. The summed E-state index contributed by atoms with van der Waals surface area (Å²) in [6.07, 6.45) is -10.4. The van der Waals surface area contributed by atoms with Gasteiger partial charge in [-0.25, -0.2) is 29.9 Å². The lowest BCUT2D eigenvalue weighted by atomic mass is 10.1. The average Bonchev–Trinajstić information content (AvgIpc) is 2.88. The van der Waals surface area contributed by atoms with Crippen LogP contribution in [-0.2, 0) is 12.4 Å². The van der Waals surface area contributed by atoms with E-state index in [0.717, 1.165) is 0 Å². The zero-order valence-corrected chi connectivity index (χ0v) is 17.9. The van der Waals surface area contributed by atoms with E-state index in [1.54, 1.807) is 24.3 Å². The molecule has 0 saturated heterocycles. The number of halogens is 6. The second-order valence-corrected chi connectivity index (χ2v) is 7.49. The van der Waals surface area contributed by atoms with E-state index in [0.29, 0.717) is 6.07 Å². The van der Waals surface area contributed by atoms with E-state index in [1.807, 2.05) is 0 Å². The molecule has 0 radical (unpaired) electrons. The third-order valence-corrected chi connectivity index (χ3v) is 5.29. The van der Waals surface area contributed by atoms with Crippen molar-refractivity contribution in [2.24, 2.45) is 0 Å². The molecule has 38 heavy (non-hydrogen) atoms. The monoisotopic (exact) mass is 520 g/mol. The summed E-state index contributed by atoms with van der Waals surface area (Å²) in [5.41, 5.74) is -9.45. The van der Waals surface area contributed by atoms with Crippen molar-refractivity contribution in [3.8, 4) is 24.3 Å². The Morgan fingerprint density at radius 1 is 0.474 bits per heavy atom. The first kappa shape index (κ1) is 24.0. The molecule has 0 aliphatic heterocycles. The fourth-order valence-electron chi connectivity index (χ4n) is 3.71. The van der Waals surface area contributed by atoms with Gasteiger partial charge < -0.3 is 0 Å². The van der Waals surface area contributed by atoms with E-state index in [2.05, 4.69) is 29.9 Å². The van der Waals surface area contributed by atoms with Gasteiger partial charge in [-0.1, -0.05) is 0 Å². The van der Waals surface area contributed by atoms with Crippen LogP contribution in [0.4, 0.5) is 26.3 Å². The second kappa shape index (κ2) is 7.88. The molecule has 5 aromatic rings. The molecular weight excluding hydrogens is 518 g/mol. The first-order valence-electron chi connectivity index (χ1n) is 9.87. The Morgan fingerprint density at radius 3 is 1.18 bits per heavy atom. The van der Waals surface area contributed by atoms with Crippen molar-refractivity contribution in [1.29, 1.82) is 21.0 Å². The minimum absolute atomic E-state index is 0.112. The van der Waals surface area contributed by atoms with Gasteiger partial charge in [0.15, 0.2) is 22.8 Å². The molecule has 0 amide bonds. The number of alkyl halides is 6. The maximum Gasteiger partial charge on any atom is 0.418 e. The largest absolute Gasteiger partial charge is 0.418 e. The lowest BCUT2D eigenvalue weighted by molar-refractivity contribution is -0.142. The lowest BCUT2D eigenvalue weighted by Gasteiger charge is -2.15. The number of benzene rings is 2. The molecule has 0 fully saturated rings. The molecule has 0 aliphatic rings. The van der Waals surface area contributed by atoms with Gasteiger partial charge in [0.25, 0.3) is 0 Å². The highest BCUT2D eigenvalue weighted by molar-refractivity contribution is 6.19. The molecule has 0 saturated carbocycles. The van der Waals surface area contributed by atoms with Gasteiger partial charge >= 0.3 is 12.4 Å². The van der Waals surface area contributed by atoms with Crippen molar-refractivity contribution in [3.05, 3.63) is 46.0 Å². The summed E-state index contributed by atoms with van der Waals surface area (Å²) in [4.78, 5) is 23.8. The normalized spacial score (nSPS) is 11.8. The summed E-state index contributed by atoms with van der Waals surface area (Å²) < 4.78 is 81.7. The summed E-state index contributed by atoms with van der Waals surface area (Å²) in [6.45, 7) is 0. The first-order valence-corrected chi connectivity index (χ1v) is 9.87. The van der Waals surface area contributed by atoms with Crippen LogP contribution in [-0.4, -0.2) is 29.9 Å². The fraction of sp³-hybridized carbons (Fsp3) is 0.0909. The minimum atomic E-state index is -5.28. The zero-order valence-electron chi connectivity index (χ0n) is 17.9. The highest BCUT2D eigenvalue weighted by Gasteiger charge is 2.39. The number of fused-ring (bicyclic) bond motifs is 7. The Hall–Kier alpha value is -5.74. The van der Waals surface area contributed by atoms with Crippen molar-refractivity contribution >= 4 is 44.1 Å². The topological polar surface area (TPSA) is 172 Å². The predicted molar refractivity (Wildman–Crippen MR) is 112 cm³/mol. The smallest absolute Gasteiger partial charge is 0.242 e. The predicted octanol–water partition coefficient (Wildman–Crippen LogP) is 4.19. The fourth-order valence-corrected chi connectivity index (χ4v) is 3.71.